The topological polar surface area (TPSA) is 80.8 Å². The van der Waals surface area contributed by atoms with Crippen molar-refractivity contribution < 1.29 is 19.1 Å². The highest BCUT2D eigenvalue weighted by molar-refractivity contribution is 7.22. The minimum absolute atomic E-state index is 0.0542. The van der Waals surface area contributed by atoms with Gasteiger partial charge in [-0.3, -0.25) is 14.5 Å². The number of carbonyl (C=O) groups is 2. The maximum absolute atomic E-state index is 12.9. The fourth-order valence-electron chi connectivity index (χ4n) is 4.33. The van der Waals surface area contributed by atoms with Gasteiger partial charge < -0.3 is 14.8 Å². The smallest absolute Gasteiger partial charge is 0.229 e. The number of amides is 2. The van der Waals surface area contributed by atoms with E-state index in [2.05, 4.69) is 10.3 Å². The van der Waals surface area contributed by atoms with E-state index in [0.717, 1.165) is 41.6 Å². The second kappa shape index (κ2) is 8.28. The molecule has 0 spiro atoms. The third-order valence-electron chi connectivity index (χ3n) is 5.76. The number of fused-ring (bicyclic) bond motifs is 1. The molecule has 1 N–H and O–H groups in total. The molecule has 1 aliphatic carbocycles. The Morgan fingerprint density at radius 1 is 1.38 bits per heavy atom. The summed E-state index contributed by atoms with van der Waals surface area (Å²) in [4.78, 5) is 31.8. The van der Waals surface area contributed by atoms with Gasteiger partial charge in [-0.1, -0.05) is 24.2 Å². The second-order valence-electron chi connectivity index (χ2n) is 7.87. The number of benzene rings is 1. The van der Waals surface area contributed by atoms with Crippen molar-refractivity contribution in [2.75, 3.05) is 31.8 Å². The van der Waals surface area contributed by atoms with Crippen LogP contribution in [0.3, 0.4) is 0 Å². The fraction of sp³-hybridized carbons (Fsp3) is 0.571. The zero-order chi connectivity index (χ0) is 20.4. The molecule has 2 aliphatic rings. The Kier molecular flexibility index (Phi) is 5.74. The fourth-order valence-corrected chi connectivity index (χ4v) is 5.35. The number of anilines is 1. The lowest BCUT2D eigenvalue weighted by molar-refractivity contribution is -0.128. The predicted molar refractivity (Wildman–Crippen MR) is 112 cm³/mol. The number of carbonyl (C=O) groups excluding carboxylic acids is 2. The molecule has 0 bridgehead atoms. The molecule has 1 aromatic carbocycles. The van der Waals surface area contributed by atoms with Crippen LogP contribution in [0.1, 0.15) is 39.0 Å². The van der Waals surface area contributed by atoms with Gasteiger partial charge in [0.05, 0.1) is 34.9 Å². The number of ether oxygens (including phenoxy) is 2. The lowest BCUT2D eigenvalue weighted by Gasteiger charge is -2.30. The maximum Gasteiger partial charge on any atom is 0.229 e. The van der Waals surface area contributed by atoms with Crippen LogP contribution >= 0.6 is 11.3 Å². The van der Waals surface area contributed by atoms with E-state index in [1.807, 2.05) is 25.1 Å². The molecule has 4 rings (SSSR count). The highest BCUT2D eigenvalue weighted by Gasteiger charge is 2.41. The van der Waals surface area contributed by atoms with Gasteiger partial charge in [0.2, 0.25) is 11.8 Å². The van der Waals surface area contributed by atoms with Gasteiger partial charge in [-0.2, -0.15) is 0 Å². The van der Waals surface area contributed by atoms with Crippen molar-refractivity contribution in [2.45, 2.75) is 44.6 Å². The predicted octanol–water partition coefficient (Wildman–Crippen LogP) is 3.12. The summed E-state index contributed by atoms with van der Waals surface area (Å²) in [5.74, 6) is 0.323. The number of thiazole rings is 1. The largest absolute Gasteiger partial charge is 0.494 e. The van der Waals surface area contributed by atoms with Crippen LogP contribution in [0.4, 0.5) is 5.13 Å². The highest BCUT2D eigenvalue weighted by Crippen LogP contribution is 2.35. The maximum atomic E-state index is 12.9. The molecule has 29 heavy (non-hydrogen) atoms. The number of rotatable bonds is 7. The molecule has 2 heterocycles. The van der Waals surface area contributed by atoms with E-state index < -0.39 is 0 Å². The molecule has 1 aromatic heterocycles. The van der Waals surface area contributed by atoms with Gasteiger partial charge in [0.15, 0.2) is 5.13 Å². The van der Waals surface area contributed by atoms with Crippen LogP contribution in [0.15, 0.2) is 18.2 Å². The number of hydrogen-bond acceptors (Lipinski definition) is 6. The Bertz CT molecular complexity index is 906. The van der Waals surface area contributed by atoms with Crippen LogP contribution in [0.25, 0.3) is 10.2 Å². The van der Waals surface area contributed by atoms with E-state index in [0.29, 0.717) is 24.9 Å². The molecule has 2 amide bonds. The third-order valence-corrected chi connectivity index (χ3v) is 6.80. The van der Waals surface area contributed by atoms with Crippen molar-refractivity contribution in [1.82, 2.24) is 10.3 Å². The van der Waals surface area contributed by atoms with E-state index in [1.165, 1.54) is 11.3 Å². The molecule has 2 aromatic rings. The Hall–Kier alpha value is -2.19. The average molecular weight is 418 g/mol. The van der Waals surface area contributed by atoms with Crippen LogP contribution in [0, 0.1) is 5.92 Å². The second-order valence-corrected chi connectivity index (χ2v) is 8.88. The first-order valence-corrected chi connectivity index (χ1v) is 11.0. The number of aromatic nitrogens is 1. The molecule has 1 saturated carbocycles. The molecular weight excluding hydrogens is 390 g/mol. The average Bonchev–Trinajstić information content (AvgIpc) is 3.40. The summed E-state index contributed by atoms with van der Waals surface area (Å²) >= 11 is 1.45. The van der Waals surface area contributed by atoms with Crippen molar-refractivity contribution in [3.05, 3.63) is 18.2 Å². The van der Waals surface area contributed by atoms with Gasteiger partial charge in [-0.05, 0) is 38.0 Å². The van der Waals surface area contributed by atoms with Gasteiger partial charge in [0.25, 0.3) is 0 Å². The number of methoxy groups -OCH3 is 1. The van der Waals surface area contributed by atoms with E-state index in [4.69, 9.17) is 9.47 Å². The lowest BCUT2D eigenvalue weighted by Crippen LogP contribution is -2.51. The molecule has 1 atom stereocenters. The van der Waals surface area contributed by atoms with Crippen molar-refractivity contribution in [2.24, 2.45) is 5.92 Å². The minimum atomic E-state index is -0.358. The molecule has 8 heteroatoms. The van der Waals surface area contributed by atoms with Gasteiger partial charge in [-0.25, -0.2) is 4.98 Å². The standard InChI is InChI=1S/C21H27N3O4S/c1-3-28-15-6-7-16-17(11-15)29-20(22-16)24-12-14(10-18(24)25)19(26)23-21(13-27-2)8-4-5-9-21/h6-7,11,14H,3-5,8-10,12-13H2,1-2H3,(H,23,26). The summed E-state index contributed by atoms with van der Waals surface area (Å²) in [7, 11) is 1.66. The summed E-state index contributed by atoms with van der Waals surface area (Å²) in [5, 5.41) is 3.84. The summed E-state index contributed by atoms with van der Waals surface area (Å²) < 4.78 is 11.9. The van der Waals surface area contributed by atoms with Gasteiger partial charge in [0, 0.05) is 20.1 Å². The normalized spacial score (nSPS) is 21.1. The van der Waals surface area contributed by atoms with E-state index >= 15 is 0 Å². The van der Waals surface area contributed by atoms with Gasteiger partial charge in [0.1, 0.15) is 5.75 Å². The Labute approximate surface area is 174 Å². The van der Waals surface area contributed by atoms with Crippen LogP contribution in [0.2, 0.25) is 0 Å². The van der Waals surface area contributed by atoms with E-state index in [9.17, 15) is 9.59 Å². The summed E-state index contributed by atoms with van der Waals surface area (Å²) in [6, 6.07) is 5.73. The summed E-state index contributed by atoms with van der Waals surface area (Å²) in [5.41, 5.74) is 0.549. The molecule has 156 valence electrons. The first kappa shape index (κ1) is 20.1. The van der Waals surface area contributed by atoms with Crippen molar-refractivity contribution in [1.29, 1.82) is 0 Å². The molecule has 1 unspecified atom stereocenters. The van der Waals surface area contributed by atoms with Crippen molar-refractivity contribution in [3.63, 3.8) is 0 Å². The molecule has 1 aliphatic heterocycles. The number of nitrogens with zero attached hydrogens (tertiary/aromatic N) is 2. The SMILES string of the molecule is CCOc1ccc2nc(N3CC(C(=O)NC4(COC)CCCC4)CC3=O)sc2c1. The zero-order valence-electron chi connectivity index (χ0n) is 16.9. The lowest BCUT2D eigenvalue weighted by atomic mass is 9.96. The van der Waals surface area contributed by atoms with Gasteiger partial charge >= 0.3 is 0 Å². The first-order valence-electron chi connectivity index (χ1n) is 10.2. The monoisotopic (exact) mass is 417 g/mol. The summed E-state index contributed by atoms with van der Waals surface area (Å²) in [6.45, 7) is 3.43. The van der Waals surface area contributed by atoms with Crippen LogP contribution in [-0.4, -0.2) is 49.2 Å². The number of nitrogens with one attached hydrogen (secondary N) is 1. The Morgan fingerprint density at radius 3 is 2.90 bits per heavy atom. The highest BCUT2D eigenvalue weighted by atomic mass is 32.1. The molecule has 1 saturated heterocycles. The van der Waals surface area contributed by atoms with E-state index in [1.54, 1.807) is 12.0 Å². The molecule has 0 radical (unpaired) electrons. The molecule has 7 nitrogen and oxygen atoms in total. The van der Waals surface area contributed by atoms with Crippen LogP contribution in [0.5, 0.6) is 5.75 Å². The van der Waals surface area contributed by atoms with Crippen molar-refractivity contribution in [3.8, 4) is 5.75 Å². The van der Waals surface area contributed by atoms with Gasteiger partial charge in [-0.15, -0.1) is 0 Å². The Morgan fingerprint density at radius 2 is 2.17 bits per heavy atom. The third kappa shape index (κ3) is 4.09. The quantitative estimate of drug-likeness (QED) is 0.749. The summed E-state index contributed by atoms with van der Waals surface area (Å²) in [6.07, 6.45) is 4.26. The Balaban J connectivity index is 1.47. The minimum Gasteiger partial charge on any atom is -0.494 e. The van der Waals surface area contributed by atoms with Crippen LogP contribution < -0.4 is 15.0 Å². The first-order chi connectivity index (χ1) is 14.0. The van der Waals surface area contributed by atoms with Crippen LogP contribution in [-0.2, 0) is 14.3 Å². The molecular formula is C21H27N3O4S. The van der Waals surface area contributed by atoms with Crippen molar-refractivity contribution >= 4 is 38.5 Å². The molecule has 2 fully saturated rings. The number of hydrogen-bond donors (Lipinski definition) is 1. The van der Waals surface area contributed by atoms with E-state index in [-0.39, 0.29) is 29.7 Å². The zero-order valence-corrected chi connectivity index (χ0v) is 17.7.